The lowest BCUT2D eigenvalue weighted by atomic mass is 10.1. The zero-order valence-corrected chi connectivity index (χ0v) is 16.3. The van der Waals surface area contributed by atoms with Crippen molar-refractivity contribution in [3.05, 3.63) is 53.6 Å². The molecule has 1 aliphatic rings. The predicted octanol–water partition coefficient (Wildman–Crippen LogP) is 2.15. The van der Waals surface area contributed by atoms with Crippen molar-refractivity contribution in [2.45, 2.75) is 11.8 Å². The summed E-state index contributed by atoms with van der Waals surface area (Å²) < 4.78 is 35.8. The Kier molecular flexibility index (Phi) is 4.67. The zero-order chi connectivity index (χ0) is 19.0. The number of rotatable bonds is 3. The highest BCUT2D eigenvalue weighted by molar-refractivity contribution is 7.89. The van der Waals surface area contributed by atoms with Gasteiger partial charge in [0.15, 0.2) is 0 Å². The van der Waals surface area contributed by atoms with E-state index in [9.17, 15) is 13.2 Å². The number of aryl methyl sites for hydroxylation is 1. The van der Waals surface area contributed by atoms with Crippen molar-refractivity contribution in [1.82, 2.24) is 18.0 Å². The summed E-state index contributed by atoms with van der Waals surface area (Å²) in [5.74, 6) is -0.0593. The fourth-order valence-corrected chi connectivity index (χ4v) is 5.42. The van der Waals surface area contributed by atoms with Gasteiger partial charge in [-0.2, -0.15) is 13.1 Å². The Hall–Kier alpha value is -2.36. The molecule has 2 aromatic carbocycles. The monoisotopic (exact) mass is 402 g/mol. The van der Waals surface area contributed by atoms with Crippen LogP contribution in [-0.4, -0.2) is 58.5 Å². The first kappa shape index (κ1) is 18.0. The summed E-state index contributed by atoms with van der Waals surface area (Å²) in [6, 6.07) is 12.4. The minimum Gasteiger partial charge on any atom is -0.336 e. The number of piperazine rings is 1. The van der Waals surface area contributed by atoms with E-state index in [1.165, 1.54) is 4.31 Å². The molecule has 0 bridgehead atoms. The highest BCUT2D eigenvalue weighted by Crippen LogP contribution is 2.25. The number of fused-ring (bicyclic) bond motifs is 1. The van der Waals surface area contributed by atoms with Crippen LogP contribution in [0.25, 0.3) is 11.0 Å². The number of carbonyl (C=O) groups is 1. The van der Waals surface area contributed by atoms with Gasteiger partial charge in [-0.05, 0) is 30.7 Å². The molecular formula is C18H18N4O3S2. The molecule has 1 aliphatic heterocycles. The standard InChI is InChI=1S/C18H18N4O3S2/c1-13-5-2-3-6-14(13)18(23)21-9-11-22(12-10-21)27(24,25)16-8-4-7-15-17(16)20-26-19-15/h2-8H,9-12H2,1H3. The van der Waals surface area contributed by atoms with Crippen LogP contribution in [0.5, 0.6) is 0 Å². The van der Waals surface area contributed by atoms with Gasteiger partial charge in [0.05, 0.1) is 11.7 Å². The van der Waals surface area contributed by atoms with Crippen LogP contribution in [0.3, 0.4) is 0 Å². The first-order valence-corrected chi connectivity index (χ1v) is 10.7. The zero-order valence-electron chi connectivity index (χ0n) is 14.7. The topological polar surface area (TPSA) is 83.5 Å². The second kappa shape index (κ2) is 6.99. The summed E-state index contributed by atoms with van der Waals surface area (Å²) in [5.41, 5.74) is 2.56. The highest BCUT2D eigenvalue weighted by Gasteiger charge is 2.32. The van der Waals surface area contributed by atoms with Gasteiger partial charge in [0.2, 0.25) is 10.0 Å². The lowest BCUT2D eigenvalue weighted by molar-refractivity contribution is 0.0697. The smallest absolute Gasteiger partial charge is 0.254 e. The van der Waals surface area contributed by atoms with E-state index < -0.39 is 10.0 Å². The van der Waals surface area contributed by atoms with E-state index in [2.05, 4.69) is 8.75 Å². The largest absolute Gasteiger partial charge is 0.336 e. The lowest BCUT2D eigenvalue weighted by Gasteiger charge is -2.34. The number of amides is 1. The van der Waals surface area contributed by atoms with Crippen molar-refractivity contribution in [3.8, 4) is 0 Å². The molecule has 0 saturated carbocycles. The van der Waals surface area contributed by atoms with Crippen molar-refractivity contribution in [1.29, 1.82) is 0 Å². The Labute approximate surface area is 161 Å². The van der Waals surface area contributed by atoms with Crippen LogP contribution in [0.4, 0.5) is 0 Å². The van der Waals surface area contributed by atoms with Gasteiger partial charge >= 0.3 is 0 Å². The van der Waals surface area contributed by atoms with Crippen LogP contribution in [-0.2, 0) is 10.0 Å². The van der Waals surface area contributed by atoms with Gasteiger partial charge in [0.1, 0.15) is 15.9 Å². The predicted molar refractivity (Wildman–Crippen MR) is 103 cm³/mol. The Morgan fingerprint density at radius 1 is 1.00 bits per heavy atom. The fourth-order valence-electron chi connectivity index (χ4n) is 3.24. The van der Waals surface area contributed by atoms with Crippen molar-refractivity contribution >= 4 is 38.7 Å². The average Bonchev–Trinajstić information content (AvgIpc) is 3.16. The second-order valence-corrected chi connectivity index (χ2v) is 8.83. The number of aromatic nitrogens is 2. The molecule has 1 saturated heterocycles. The Morgan fingerprint density at radius 2 is 1.74 bits per heavy atom. The van der Waals surface area contributed by atoms with Crippen LogP contribution in [0, 0.1) is 6.92 Å². The number of sulfonamides is 1. The number of benzene rings is 2. The number of hydrogen-bond acceptors (Lipinski definition) is 6. The SMILES string of the molecule is Cc1ccccc1C(=O)N1CCN(S(=O)(=O)c2cccc3nsnc23)CC1. The molecule has 140 valence electrons. The normalized spacial score (nSPS) is 16.0. The average molecular weight is 403 g/mol. The summed E-state index contributed by atoms with van der Waals surface area (Å²) in [5, 5.41) is 0. The van der Waals surface area contributed by atoms with Gasteiger partial charge in [-0.3, -0.25) is 4.79 Å². The molecule has 1 fully saturated rings. The first-order chi connectivity index (χ1) is 13.0. The van der Waals surface area contributed by atoms with Crippen LogP contribution >= 0.6 is 11.7 Å². The molecule has 0 N–H and O–H groups in total. The summed E-state index contributed by atoms with van der Waals surface area (Å²) in [6.45, 7) is 3.13. The van der Waals surface area contributed by atoms with Crippen molar-refractivity contribution in [2.24, 2.45) is 0 Å². The minimum absolute atomic E-state index is 0.0593. The summed E-state index contributed by atoms with van der Waals surface area (Å²) >= 11 is 0.997. The maximum absolute atomic E-state index is 13.1. The van der Waals surface area contributed by atoms with Gasteiger partial charge in [-0.15, -0.1) is 0 Å². The van der Waals surface area contributed by atoms with Crippen LogP contribution in [0.2, 0.25) is 0 Å². The van der Waals surface area contributed by atoms with Gasteiger partial charge < -0.3 is 4.90 Å². The summed E-state index contributed by atoms with van der Waals surface area (Å²) in [6.07, 6.45) is 0. The van der Waals surface area contributed by atoms with E-state index in [1.807, 2.05) is 25.1 Å². The van der Waals surface area contributed by atoms with Crippen LogP contribution in [0.1, 0.15) is 15.9 Å². The molecule has 1 aromatic heterocycles. The molecular weight excluding hydrogens is 384 g/mol. The van der Waals surface area contributed by atoms with Gasteiger partial charge in [-0.25, -0.2) is 8.42 Å². The summed E-state index contributed by atoms with van der Waals surface area (Å²) in [7, 11) is -3.68. The molecule has 1 amide bonds. The first-order valence-electron chi connectivity index (χ1n) is 8.55. The van der Waals surface area contributed by atoms with Crippen molar-refractivity contribution < 1.29 is 13.2 Å². The molecule has 0 aliphatic carbocycles. The molecule has 27 heavy (non-hydrogen) atoms. The van der Waals surface area contributed by atoms with E-state index in [-0.39, 0.29) is 23.9 Å². The summed E-state index contributed by atoms with van der Waals surface area (Å²) in [4.78, 5) is 14.6. The van der Waals surface area contributed by atoms with E-state index in [1.54, 1.807) is 29.2 Å². The van der Waals surface area contributed by atoms with Crippen LogP contribution in [0.15, 0.2) is 47.4 Å². The van der Waals surface area contributed by atoms with Crippen molar-refractivity contribution in [2.75, 3.05) is 26.2 Å². The lowest BCUT2D eigenvalue weighted by Crippen LogP contribution is -2.50. The van der Waals surface area contributed by atoms with Gasteiger partial charge in [0, 0.05) is 31.7 Å². The van der Waals surface area contributed by atoms with E-state index in [0.717, 1.165) is 17.3 Å². The Bertz CT molecular complexity index is 1100. The minimum atomic E-state index is -3.68. The quantitative estimate of drug-likeness (QED) is 0.670. The van der Waals surface area contributed by atoms with E-state index in [0.29, 0.717) is 29.7 Å². The second-order valence-electron chi connectivity index (χ2n) is 6.40. The fraction of sp³-hybridized carbons (Fsp3) is 0.278. The molecule has 7 nitrogen and oxygen atoms in total. The number of nitrogens with zero attached hydrogens (tertiary/aromatic N) is 4. The third kappa shape index (κ3) is 3.22. The molecule has 0 radical (unpaired) electrons. The van der Waals surface area contributed by atoms with Gasteiger partial charge in [-0.1, -0.05) is 24.3 Å². The molecule has 2 heterocycles. The highest BCUT2D eigenvalue weighted by atomic mass is 32.2. The number of carbonyl (C=O) groups excluding carboxylic acids is 1. The molecule has 0 atom stereocenters. The molecule has 0 spiro atoms. The van der Waals surface area contributed by atoms with Crippen LogP contribution < -0.4 is 0 Å². The van der Waals surface area contributed by atoms with E-state index >= 15 is 0 Å². The number of hydrogen-bond donors (Lipinski definition) is 0. The Balaban J connectivity index is 1.53. The van der Waals surface area contributed by atoms with Crippen molar-refractivity contribution in [3.63, 3.8) is 0 Å². The molecule has 4 rings (SSSR count). The maximum Gasteiger partial charge on any atom is 0.254 e. The Morgan fingerprint density at radius 3 is 2.48 bits per heavy atom. The third-order valence-corrected chi connectivity index (χ3v) is 7.24. The van der Waals surface area contributed by atoms with Gasteiger partial charge in [0.25, 0.3) is 5.91 Å². The third-order valence-electron chi connectivity index (χ3n) is 4.77. The molecule has 9 heteroatoms. The van der Waals surface area contributed by atoms with E-state index in [4.69, 9.17) is 0 Å². The maximum atomic E-state index is 13.1. The molecule has 3 aromatic rings. The molecule has 0 unspecified atom stereocenters.